The van der Waals surface area contributed by atoms with Crippen molar-refractivity contribution >= 4 is 34.3 Å². The number of esters is 1. The Morgan fingerprint density at radius 2 is 1.49 bits per heavy atom. The Kier molecular flexibility index (Phi) is 8.15. The standard InChI is InChI=1S/C34H28N2O5/c1-22-32(34(39)41-21-31(38)35-27-16-12-25(13-17-27)23(2)37)29-10-6-7-11-30(29)36-33(22)26-14-18-28(19-15-26)40-20-24-8-4-3-5-9-24/h3-19H,20-21H2,1-2H3,(H,35,38). The number of Topliss-reactive ketones (excluding diaryl/α,β-unsaturated/α-hetero) is 1. The lowest BCUT2D eigenvalue weighted by Crippen LogP contribution is -2.21. The number of para-hydroxylation sites is 1. The molecule has 0 unspecified atom stereocenters. The molecular formula is C34H28N2O5. The smallest absolute Gasteiger partial charge is 0.339 e. The van der Waals surface area contributed by atoms with Crippen LogP contribution in [0.5, 0.6) is 5.75 Å². The molecule has 0 bridgehead atoms. The van der Waals surface area contributed by atoms with E-state index in [0.29, 0.717) is 45.6 Å². The van der Waals surface area contributed by atoms with E-state index in [1.807, 2.05) is 85.8 Å². The fraction of sp³-hybridized carbons (Fsp3) is 0.118. The topological polar surface area (TPSA) is 94.6 Å². The molecule has 0 saturated carbocycles. The van der Waals surface area contributed by atoms with E-state index in [0.717, 1.165) is 16.9 Å². The van der Waals surface area contributed by atoms with Crippen LogP contribution in [0.2, 0.25) is 0 Å². The molecule has 1 N–H and O–H groups in total. The molecule has 7 nitrogen and oxygen atoms in total. The van der Waals surface area contributed by atoms with E-state index in [2.05, 4.69) is 5.32 Å². The Labute approximate surface area is 237 Å². The van der Waals surface area contributed by atoms with Gasteiger partial charge in [0, 0.05) is 22.2 Å². The summed E-state index contributed by atoms with van der Waals surface area (Å²) in [4.78, 5) is 42.1. The second-order valence-corrected chi connectivity index (χ2v) is 9.53. The minimum absolute atomic E-state index is 0.0662. The summed E-state index contributed by atoms with van der Waals surface area (Å²) in [5, 5.41) is 3.32. The van der Waals surface area contributed by atoms with E-state index in [-0.39, 0.29) is 5.78 Å². The number of hydrogen-bond acceptors (Lipinski definition) is 6. The van der Waals surface area contributed by atoms with Gasteiger partial charge in [0.25, 0.3) is 5.91 Å². The van der Waals surface area contributed by atoms with Crippen molar-refractivity contribution in [3.63, 3.8) is 0 Å². The van der Waals surface area contributed by atoms with Crippen LogP contribution in [0.25, 0.3) is 22.2 Å². The molecular weight excluding hydrogens is 516 g/mol. The molecule has 0 atom stereocenters. The van der Waals surface area contributed by atoms with Crippen molar-refractivity contribution < 1.29 is 23.9 Å². The number of nitrogens with one attached hydrogen (secondary N) is 1. The summed E-state index contributed by atoms with van der Waals surface area (Å²) in [7, 11) is 0. The zero-order valence-corrected chi connectivity index (χ0v) is 22.7. The number of aromatic nitrogens is 1. The van der Waals surface area contributed by atoms with Crippen molar-refractivity contribution in [3.05, 3.63) is 125 Å². The quantitative estimate of drug-likeness (QED) is 0.162. The van der Waals surface area contributed by atoms with Gasteiger partial charge in [0.1, 0.15) is 12.4 Å². The highest BCUT2D eigenvalue weighted by Gasteiger charge is 2.21. The number of fused-ring (bicyclic) bond motifs is 1. The number of anilines is 1. The van der Waals surface area contributed by atoms with Crippen molar-refractivity contribution in [2.24, 2.45) is 0 Å². The lowest BCUT2D eigenvalue weighted by molar-refractivity contribution is -0.119. The molecule has 0 aliphatic rings. The lowest BCUT2D eigenvalue weighted by atomic mass is 9.97. The van der Waals surface area contributed by atoms with Crippen molar-refractivity contribution in [2.45, 2.75) is 20.5 Å². The van der Waals surface area contributed by atoms with Crippen LogP contribution in [0.4, 0.5) is 5.69 Å². The van der Waals surface area contributed by atoms with Crippen LogP contribution in [0.15, 0.2) is 103 Å². The predicted octanol–water partition coefficient (Wildman–Crippen LogP) is 6.79. The Morgan fingerprint density at radius 1 is 0.805 bits per heavy atom. The maximum absolute atomic E-state index is 13.3. The highest BCUT2D eigenvalue weighted by molar-refractivity contribution is 6.07. The number of amides is 1. The Balaban J connectivity index is 1.33. The van der Waals surface area contributed by atoms with Gasteiger partial charge in [0.05, 0.1) is 16.8 Å². The monoisotopic (exact) mass is 544 g/mol. The Bertz CT molecular complexity index is 1710. The second-order valence-electron chi connectivity index (χ2n) is 9.53. The number of rotatable bonds is 9. The molecule has 0 aliphatic heterocycles. The van der Waals surface area contributed by atoms with Crippen molar-refractivity contribution in [1.29, 1.82) is 0 Å². The molecule has 41 heavy (non-hydrogen) atoms. The summed E-state index contributed by atoms with van der Waals surface area (Å²) >= 11 is 0. The summed E-state index contributed by atoms with van der Waals surface area (Å²) < 4.78 is 11.4. The number of carbonyl (C=O) groups is 3. The normalized spacial score (nSPS) is 10.7. The second kappa shape index (κ2) is 12.3. The fourth-order valence-electron chi connectivity index (χ4n) is 4.49. The molecule has 204 valence electrons. The summed E-state index contributed by atoms with van der Waals surface area (Å²) in [6, 6.07) is 31.3. The largest absolute Gasteiger partial charge is 0.489 e. The third-order valence-electron chi connectivity index (χ3n) is 6.63. The molecule has 0 aliphatic carbocycles. The van der Waals surface area contributed by atoms with Crippen LogP contribution in [-0.4, -0.2) is 29.3 Å². The number of benzene rings is 4. The molecule has 0 radical (unpaired) electrons. The van der Waals surface area contributed by atoms with E-state index in [9.17, 15) is 14.4 Å². The van der Waals surface area contributed by atoms with Crippen molar-refractivity contribution in [1.82, 2.24) is 4.98 Å². The van der Waals surface area contributed by atoms with Crippen LogP contribution >= 0.6 is 0 Å². The van der Waals surface area contributed by atoms with E-state index in [1.54, 1.807) is 24.3 Å². The Morgan fingerprint density at radius 3 is 2.20 bits per heavy atom. The molecule has 1 heterocycles. The minimum atomic E-state index is -0.618. The zero-order chi connectivity index (χ0) is 28.8. The van der Waals surface area contributed by atoms with Gasteiger partial charge in [-0.05, 0) is 79.6 Å². The molecule has 0 saturated heterocycles. The summed E-state index contributed by atoms with van der Waals surface area (Å²) in [6.07, 6.45) is 0. The molecule has 1 amide bonds. The van der Waals surface area contributed by atoms with Gasteiger partial charge in [-0.25, -0.2) is 9.78 Å². The summed E-state index contributed by atoms with van der Waals surface area (Å²) in [6.45, 7) is 3.29. The first-order valence-electron chi connectivity index (χ1n) is 13.1. The lowest BCUT2D eigenvalue weighted by Gasteiger charge is -2.15. The number of pyridine rings is 1. The molecule has 7 heteroatoms. The first-order valence-corrected chi connectivity index (χ1v) is 13.1. The number of ether oxygens (including phenoxy) is 2. The predicted molar refractivity (Wildman–Crippen MR) is 158 cm³/mol. The van der Waals surface area contributed by atoms with Crippen molar-refractivity contribution in [3.8, 4) is 17.0 Å². The number of hydrogen-bond donors (Lipinski definition) is 1. The van der Waals surface area contributed by atoms with E-state index in [1.165, 1.54) is 6.92 Å². The summed E-state index contributed by atoms with van der Waals surface area (Å²) in [5.74, 6) is -0.454. The van der Waals surface area contributed by atoms with Gasteiger partial charge in [-0.15, -0.1) is 0 Å². The first-order chi connectivity index (χ1) is 19.9. The van der Waals surface area contributed by atoms with Crippen LogP contribution in [-0.2, 0) is 16.1 Å². The van der Waals surface area contributed by atoms with Gasteiger partial charge in [-0.1, -0.05) is 48.5 Å². The Hall–Kier alpha value is -5.30. The number of ketones is 1. The van der Waals surface area contributed by atoms with Gasteiger partial charge in [0.2, 0.25) is 0 Å². The third-order valence-corrected chi connectivity index (χ3v) is 6.63. The SMILES string of the molecule is CC(=O)c1ccc(NC(=O)COC(=O)c2c(C)c(-c3ccc(OCc4ccccc4)cc3)nc3ccccc23)cc1. The van der Waals surface area contributed by atoms with Crippen LogP contribution in [0.3, 0.4) is 0 Å². The maximum Gasteiger partial charge on any atom is 0.339 e. The minimum Gasteiger partial charge on any atom is -0.489 e. The molecule has 0 spiro atoms. The maximum atomic E-state index is 13.3. The van der Waals surface area contributed by atoms with E-state index >= 15 is 0 Å². The van der Waals surface area contributed by atoms with Crippen LogP contribution < -0.4 is 10.1 Å². The number of nitrogens with zero attached hydrogens (tertiary/aromatic N) is 1. The van der Waals surface area contributed by atoms with Gasteiger partial charge >= 0.3 is 5.97 Å². The molecule has 0 fully saturated rings. The molecule has 5 aromatic rings. The summed E-state index contributed by atoms with van der Waals surface area (Å²) in [5.41, 5.74) is 5.22. The average Bonchev–Trinajstić information content (AvgIpc) is 2.99. The van der Waals surface area contributed by atoms with E-state index < -0.39 is 18.5 Å². The fourth-order valence-corrected chi connectivity index (χ4v) is 4.49. The third kappa shape index (κ3) is 6.47. The molecule has 1 aromatic heterocycles. The van der Waals surface area contributed by atoms with Gasteiger partial charge in [0.15, 0.2) is 12.4 Å². The molecule has 5 rings (SSSR count). The van der Waals surface area contributed by atoms with Gasteiger partial charge in [-0.3, -0.25) is 9.59 Å². The van der Waals surface area contributed by atoms with E-state index in [4.69, 9.17) is 14.5 Å². The first kappa shape index (κ1) is 27.3. The number of carbonyl (C=O) groups excluding carboxylic acids is 3. The van der Waals surface area contributed by atoms with Gasteiger partial charge in [-0.2, -0.15) is 0 Å². The highest BCUT2D eigenvalue weighted by atomic mass is 16.5. The van der Waals surface area contributed by atoms with Crippen LogP contribution in [0, 0.1) is 6.92 Å². The van der Waals surface area contributed by atoms with Crippen LogP contribution in [0.1, 0.15) is 38.8 Å². The molecule has 4 aromatic carbocycles. The zero-order valence-electron chi connectivity index (χ0n) is 22.7. The van der Waals surface area contributed by atoms with Gasteiger partial charge < -0.3 is 14.8 Å². The van der Waals surface area contributed by atoms with Crippen molar-refractivity contribution in [2.75, 3.05) is 11.9 Å². The average molecular weight is 545 g/mol. The highest BCUT2D eigenvalue weighted by Crippen LogP contribution is 2.31.